The van der Waals surface area contributed by atoms with Crippen LogP contribution in [0.4, 0.5) is 0 Å². The third-order valence-corrected chi connectivity index (χ3v) is 3.06. The van der Waals surface area contributed by atoms with E-state index in [1.54, 1.807) is 0 Å². The maximum absolute atomic E-state index is 11.6. The highest BCUT2D eigenvalue weighted by Gasteiger charge is 2.21. The van der Waals surface area contributed by atoms with Crippen LogP contribution in [0.1, 0.15) is 32.6 Å². The summed E-state index contributed by atoms with van der Waals surface area (Å²) in [6, 6.07) is 0.0564. The molecule has 0 aromatic rings. The van der Waals surface area contributed by atoms with Crippen LogP contribution in [-0.2, 0) is 4.79 Å². The van der Waals surface area contributed by atoms with Gasteiger partial charge in [-0.15, -0.1) is 0 Å². The zero-order valence-electron chi connectivity index (χ0n) is 10.6. The number of rotatable bonds is 7. The van der Waals surface area contributed by atoms with Crippen molar-refractivity contribution in [1.82, 2.24) is 15.5 Å². The molecule has 1 aliphatic rings. The minimum atomic E-state index is 0.0564. The first-order valence-corrected chi connectivity index (χ1v) is 6.43. The van der Waals surface area contributed by atoms with Crippen molar-refractivity contribution in [1.29, 1.82) is 0 Å². The molecule has 0 aromatic heterocycles. The molecule has 1 heterocycles. The van der Waals surface area contributed by atoms with Crippen LogP contribution in [-0.4, -0.2) is 50.1 Å². The Hall–Kier alpha value is -0.610. The number of amides is 1. The molecule has 0 unspecified atom stereocenters. The van der Waals surface area contributed by atoms with E-state index >= 15 is 0 Å². The van der Waals surface area contributed by atoms with Crippen LogP contribution in [0.5, 0.6) is 0 Å². The summed E-state index contributed by atoms with van der Waals surface area (Å²) in [4.78, 5) is 13.9. The molecule has 1 fully saturated rings. The van der Waals surface area contributed by atoms with E-state index in [1.165, 1.54) is 12.8 Å². The van der Waals surface area contributed by atoms with Gasteiger partial charge < -0.3 is 15.5 Å². The smallest absolute Gasteiger partial charge is 0.237 e. The van der Waals surface area contributed by atoms with E-state index in [0.717, 1.165) is 39.0 Å². The van der Waals surface area contributed by atoms with E-state index < -0.39 is 0 Å². The zero-order chi connectivity index (χ0) is 11.8. The Labute approximate surface area is 98.8 Å². The van der Waals surface area contributed by atoms with Gasteiger partial charge in [-0.25, -0.2) is 0 Å². The van der Waals surface area contributed by atoms with E-state index in [9.17, 15) is 4.79 Å². The molecule has 4 nitrogen and oxygen atoms in total. The fraction of sp³-hybridized carbons (Fsp3) is 0.917. The molecule has 0 radical (unpaired) electrons. The van der Waals surface area contributed by atoms with Gasteiger partial charge >= 0.3 is 0 Å². The maximum Gasteiger partial charge on any atom is 0.237 e. The molecule has 1 amide bonds. The van der Waals surface area contributed by atoms with Gasteiger partial charge in [0.25, 0.3) is 0 Å². The molecule has 4 heteroatoms. The molecular weight excluding hydrogens is 202 g/mol. The second-order valence-corrected chi connectivity index (χ2v) is 4.60. The lowest BCUT2D eigenvalue weighted by Crippen LogP contribution is -2.43. The number of nitrogens with one attached hydrogen (secondary N) is 2. The topological polar surface area (TPSA) is 44.4 Å². The van der Waals surface area contributed by atoms with Gasteiger partial charge in [0.1, 0.15) is 0 Å². The standard InChI is InChI=1S/C12H25N3O/c1-3-4-9-15(2)10-8-14-12(16)11-6-5-7-13-11/h11,13H,3-10H2,1-2H3,(H,14,16)/t11-/m0/s1. The second kappa shape index (κ2) is 7.63. The molecule has 1 rings (SSSR count). The van der Waals surface area contributed by atoms with Gasteiger partial charge in [0.05, 0.1) is 6.04 Å². The summed E-state index contributed by atoms with van der Waals surface area (Å²) < 4.78 is 0. The third-order valence-electron chi connectivity index (χ3n) is 3.06. The van der Waals surface area contributed by atoms with E-state index in [0.29, 0.717) is 0 Å². The van der Waals surface area contributed by atoms with Crippen LogP contribution in [0.3, 0.4) is 0 Å². The maximum atomic E-state index is 11.6. The molecule has 0 saturated carbocycles. The Kier molecular flexibility index (Phi) is 6.42. The molecule has 1 atom stereocenters. The van der Waals surface area contributed by atoms with Crippen LogP contribution >= 0.6 is 0 Å². The van der Waals surface area contributed by atoms with Crippen molar-refractivity contribution in [2.45, 2.75) is 38.6 Å². The van der Waals surface area contributed by atoms with Gasteiger partial charge in [0, 0.05) is 13.1 Å². The number of hydrogen-bond acceptors (Lipinski definition) is 3. The summed E-state index contributed by atoms with van der Waals surface area (Å²) in [5.41, 5.74) is 0. The first-order valence-electron chi connectivity index (χ1n) is 6.43. The molecule has 2 N–H and O–H groups in total. The average molecular weight is 227 g/mol. The number of likely N-dealkylation sites (N-methyl/N-ethyl adjacent to an activating group) is 1. The van der Waals surface area contributed by atoms with E-state index in [-0.39, 0.29) is 11.9 Å². The predicted octanol–water partition coefficient (Wildman–Crippen LogP) is 0.587. The predicted molar refractivity (Wildman–Crippen MR) is 66.4 cm³/mol. The highest BCUT2D eigenvalue weighted by atomic mass is 16.2. The van der Waals surface area contributed by atoms with Crippen molar-refractivity contribution in [3.63, 3.8) is 0 Å². The molecule has 0 bridgehead atoms. The first kappa shape index (κ1) is 13.5. The molecule has 1 aliphatic heterocycles. The number of carbonyl (C=O) groups is 1. The van der Waals surface area contributed by atoms with Crippen LogP contribution in [0.15, 0.2) is 0 Å². The minimum Gasteiger partial charge on any atom is -0.353 e. The fourth-order valence-corrected chi connectivity index (χ4v) is 1.94. The average Bonchev–Trinajstić information content (AvgIpc) is 2.79. The van der Waals surface area contributed by atoms with E-state index in [2.05, 4.69) is 29.5 Å². The summed E-state index contributed by atoms with van der Waals surface area (Å²) in [5, 5.41) is 6.19. The summed E-state index contributed by atoms with van der Waals surface area (Å²) in [7, 11) is 2.11. The summed E-state index contributed by atoms with van der Waals surface area (Å²) in [5.74, 6) is 0.168. The molecule has 0 aliphatic carbocycles. The van der Waals surface area contributed by atoms with Crippen LogP contribution in [0, 0.1) is 0 Å². The Morgan fingerprint density at radius 2 is 2.31 bits per heavy atom. The van der Waals surface area contributed by atoms with E-state index in [1.807, 2.05) is 0 Å². The fourth-order valence-electron chi connectivity index (χ4n) is 1.94. The van der Waals surface area contributed by atoms with Crippen molar-refractivity contribution in [3.05, 3.63) is 0 Å². The highest BCUT2D eigenvalue weighted by Crippen LogP contribution is 2.04. The van der Waals surface area contributed by atoms with Crippen molar-refractivity contribution < 1.29 is 4.79 Å². The monoisotopic (exact) mass is 227 g/mol. The van der Waals surface area contributed by atoms with Crippen molar-refractivity contribution in [2.24, 2.45) is 0 Å². The van der Waals surface area contributed by atoms with Gasteiger partial charge in [-0.05, 0) is 39.4 Å². The number of unbranched alkanes of at least 4 members (excludes halogenated alkanes) is 1. The van der Waals surface area contributed by atoms with Crippen molar-refractivity contribution >= 4 is 5.91 Å². The first-order chi connectivity index (χ1) is 7.74. The summed E-state index contributed by atoms with van der Waals surface area (Å²) in [6.45, 7) is 6.00. The zero-order valence-corrected chi connectivity index (χ0v) is 10.6. The van der Waals surface area contributed by atoms with Crippen LogP contribution in [0.25, 0.3) is 0 Å². The molecule has 94 valence electrons. The van der Waals surface area contributed by atoms with Crippen LogP contribution < -0.4 is 10.6 Å². The lowest BCUT2D eigenvalue weighted by molar-refractivity contribution is -0.122. The van der Waals surface area contributed by atoms with Gasteiger partial charge in [-0.3, -0.25) is 4.79 Å². The lowest BCUT2D eigenvalue weighted by Gasteiger charge is -2.17. The Morgan fingerprint density at radius 1 is 1.50 bits per heavy atom. The molecular formula is C12H25N3O. The minimum absolute atomic E-state index is 0.0564. The number of carbonyl (C=O) groups excluding carboxylic acids is 1. The van der Waals surface area contributed by atoms with Crippen LogP contribution in [0.2, 0.25) is 0 Å². The summed E-state index contributed by atoms with van der Waals surface area (Å²) in [6.07, 6.45) is 4.56. The van der Waals surface area contributed by atoms with Crippen molar-refractivity contribution in [3.8, 4) is 0 Å². The SMILES string of the molecule is CCCCN(C)CCNC(=O)[C@@H]1CCCN1. The largest absolute Gasteiger partial charge is 0.353 e. The lowest BCUT2D eigenvalue weighted by atomic mass is 10.2. The summed E-state index contributed by atoms with van der Waals surface area (Å²) >= 11 is 0. The quantitative estimate of drug-likeness (QED) is 0.669. The third kappa shape index (κ3) is 4.94. The normalized spacial score (nSPS) is 20.3. The van der Waals surface area contributed by atoms with Gasteiger partial charge in [-0.1, -0.05) is 13.3 Å². The molecule has 0 spiro atoms. The highest BCUT2D eigenvalue weighted by molar-refractivity contribution is 5.81. The van der Waals surface area contributed by atoms with Gasteiger partial charge in [0.2, 0.25) is 5.91 Å². The Morgan fingerprint density at radius 3 is 2.94 bits per heavy atom. The molecule has 16 heavy (non-hydrogen) atoms. The van der Waals surface area contributed by atoms with Gasteiger partial charge in [-0.2, -0.15) is 0 Å². The van der Waals surface area contributed by atoms with Gasteiger partial charge in [0.15, 0.2) is 0 Å². The second-order valence-electron chi connectivity index (χ2n) is 4.60. The molecule has 1 saturated heterocycles. The Balaban J connectivity index is 2.03. The van der Waals surface area contributed by atoms with E-state index in [4.69, 9.17) is 0 Å². The Bertz CT molecular complexity index is 202. The number of nitrogens with zero attached hydrogens (tertiary/aromatic N) is 1. The molecule has 0 aromatic carbocycles. The van der Waals surface area contributed by atoms with Crippen molar-refractivity contribution in [2.75, 3.05) is 33.2 Å². The number of hydrogen-bond donors (Lipinski definition) is 2.